The maximum absolute atomic E-state index is 9.54. The van der Waals surface area contributed by atoms with E-state index >= 15 is 0 Å². The highest BCUT2D eigenvalue weighted by molar-refractivity contribution is 9.09. The molecule has 3 nitrogen and oxygen atoms in total. The van der Waals surface area contributed by atoms with Crippen molar-refractivity contribution in [3.8, 4) is 0 Å². The minimum Gasteiger partial charge on any atom is -0.391 e. The lowest BCUT2D eigenvalue weighted by atomic mass is 10.1. The van der Waals surface area contributed by atoms with E-state index in [1.165, 1.54) is 11.3 Å². The van der Waals surface area contributed by atoms with Gasteiger partial charge in [0.1, 0.15) is 6.10 Å². The quantitative estimate of drug-likeness (QED) is 0.714. The second kappa shape index (κ2) is 5.07. The third kappa shape index (κ3) is 2.75. The smallest absolute Gasteiger partial charge is 0.106 e. The minimum atomic E-state index is -0.879. The Hall–Kier alpha value is 0.0600. The van der Waals surface area contributed by atoms with Crippen LogP contribution >= 0.6 is 27.3 Å². The summed E-state index contributed by atoms with van der Waals surface area (Å²) in [4.78, 5) is 0.788. The topological polar surface area (TPSA) is 60.7 Å². The van der Waals surface area contributed by atoms with Crippen molar-refractivity contribution in [3.05, 3.63) is 21.9 Å². The lowest BCUT2D eigenvalue weighted by Crippen LogP contribution is -2.18. The number of alkyl halides is 1. The van der Waals surface area contributed by atoms with Crippen molar-refractivity contribution in [3.63, 3.8) is 0 Å². The Morgan fingerprint density at radius 2 is 2.15 bits per heavy atom. The number of aliphatic hydroxyl groups is 3. The van der Waals surface area contributed by atoms with Crippen molar-refractivity contribution >= 4 is 27.3 Å². The number of thiophene rings is 1. The Morgan fingerprint density at radius 3 is 2.62 bits per heavy atom. The summed E-state index contributed by atoms with van der Waals surface area (Å²) in [6.45, 7) is -0.0260. The molecule has 1 rings (SSSR count). The summed E-state index contributed by atoms with van der Waals surface area (Å²) in [6, 6.07) is 1.70. The summed E-state index contributed by atoms with van der Waals surface area (Å²) in [7, 11) is 0. The van der Waals surface area contributed by atoms with Crippen molar-refractivity contribution < 1.29 is 15.3 Å². The highest BCUT2D eigenvalue weighted by atomic mass is 79.9. The number of aliphatic hydroxyl groups excluding tert-OH is 3. The second-order valence-electron chi connectivity index (χ2n) is 2.67. The fraction of sp³-hybridized carbons (Fsp3) is 0.500. The molecule has 0 spiro atoms. The summed E-state index contributed by atoms with van der Waals surface area (Å²) in [6.07, 6.45) is -1.68. The Bertz CT molecular complexity index is 264. The molecule has 0 saturated heterocycles. The first kappa shape index (κ1) is 11.1. The molecule has 1 aromatic rings. The summed E-state index contributed by atoms with van der Waals surface area (Å²) in [5.74, 6) is 0. The average Bonchev–Trinajstić information content (AvgIpc) is 2.63. The zero-order chi connectivity index (χ0) is 9.84. The lowest BCUT2D eigenvalue weighted by molar-refractivity contribution is 0.0345. The van der Waals surface area contributed by atoms with Gasteiger partial charge in [0.15, 0.2) is 0 Å². The molecule has 0 bridgehead atoms. The van der Waals surface area contributed by atoms with E-state index in [9.17, 15) is 10.2 Å². The minimum absolute atomic E-state index is 0.0260. The van der Waals surface area contributed by atoms with E-state index in [2.05, 4.69) is 15.9 Å². The summed E-state index contributed by atoms with van der Waals surface area (Å²) in [5, 5.41) is 29.7. The predicted molar refractivity (Wildman–Crippen MR) is 55.0 cm³/mol. The van der Waals surface area contributed by atoms with Crippen LogP contribution in [0.1, 0.15) is 16.5 Å². The molecule has 2 atom stereocenters. The summed E-state index contributed by atoms with van der Waals surface area (Å²) in [5.41, 5.74) is 0.654. The van der Waals surface area contributed by atoms with Crippen molar-refractivity contribution in [2.24, 2.45) is 0 Å². The molecule has 13 heavy (non-hydrogen) atoms. The molecule has 5 heteroatoms. The van der Waals surface area contributed by atoms with Crippen LogP contribution in [0.15, 0.2) is 11.4 Å². The van der Waals surface area contributed by atoms with E-state index in [-0.39, 0.29) is 6.61 Å². The van der Waals surface area contributed by atoms with E-state index in [1.54, 1.807) is 11.4 Å². The van der Waals surface area contributed by atoms with Gasteiger partial charge in [0.05, 0.1) is 12.7 Å². The largest absolute Gasteiger partial charge is 0.391 e. The molecule has 0 aliphatic carbocycles. The van der Waals surface area contributed by atoms with Crippen molar-refractivity contribution in [1.82, 2.24) is 0 Å². The average molecular weight is 267 g/mol. The molecule has 0 radical (unpaired) electrons. The van der Waals surface area contributed by atoms with Crippen LogP contribution in [0.25, 0.3) is 0 Å². The normalized spacial score (nSPS) is 15.7. The SMILES string of the molecule is OCc1cc(C(O)C(O)CBr)cs1. The predicted octanol–water partition coefficient (Wildman–Crippen LogP) is 1.03. The fourth-order valence-corrected chi connectivity index (χ4v) is 2.07. The summed E-state index contributed by atoms with van der Waals surface area (Å²) >= 11 is 4.45. The molecule has 2 unspecified atom stereocenters. The zero-order valence-corrected chi connectivity index (χ0v) is 9.25. The molecule has 0 saturated carbocycles. The van der Waals surface area contributed by atoms with Gasteiger partial charge in [0.2, 0.25) is 0 Å². The Labute approximate surface area is 88.8 Å². The molecule has 1 heterocycles. The number of hydrogen-bond donors (Lipinski definition) is 3. The highest BCUT2D eigenvalue weighted by Crippen LogP contribution is 2.24. The van der Waals surface area contributed by atoms with Crippen LogP contribution in [-0.2, 0) is 6.61 Å². The first-order chi connectivity index (χ1) is 6.19. The van der Waals surface area contributed by atoms with Crippen molar-refractivity contribution in [2.75, 3.05) is 5.33 Å². The van der Waals surface area contributed by atoms with Crippen LogP contribution in [-0.4, -0.2) is 26.8 Å². The standard InChI is InChI=1S/C8H11BrO3S/c9-2-7(11)8(12)5-1-6(3-10)13-4-5/h1,4,7-8,10-12H,2-3H2. The molecule has 74 valence electrons. The monoisotopic (exact) mass is 266 g/mol. The van der Waals surface area contributed by atoms with Gasteiger partial charge in [-0.3, -0.25) is 0 Å². The zero-order valence-electron chi connectivity index (χ0n) is 6.85. The van der Waals surface area contributed by atoms with Gasteiger partial charge >= 0.3 is 0 Å². The molecule has 0 aliphatic heterocycles. The molecule has 0 aliphatic rings. The van der Waals surface area contributed by atoms with Crippen LogP contribution < -0.4 is 0 Å². The molecule has 0 fully saturated rings. The van der Waals surface area contributed by atoms with E-state index < -0.39 is 12.2 Å². The lowest BCUT2D eigenvalue weighted by Gasteiger charge is -2.13. The van der Waals surface area contributed by atoms with Gasteiger partial charge in [0.25, 0.3) is 0 Å². The Kier molecular flexibility index (Phi) is 4.34. The fourth-order valence-electron chi connectivity index (χ4n) is 0.942. The van der Waals surface area contributed by atoms with Crippen LogP contribution in [0.2, 0.25) is 0 Å². The second-order valence-corrected chi connectivity index (χ2v) is 4.31. The molecule has 1 aromatic heterocycles. The van der Waals surface area contributed by atoms with Crippen LogP contribution in [0.4, 0.5) is 0 Å². The molecular weight excluding hydrogens is 256 g/mol. The maximum Gasteiger partial charge on any atom is 0.106 e. The highest BCUT2D eigenvalue weighted by Gasteiger charge is 2.18. The maximum atomic E-state index is 9.54. The molecule has 0 aromatic carbocycles. The van der Waals surface area contributed by atoms with Gasteiger partial charge in [0, 0.05) is 10.2 Å². The van der Waals surface area contributed by atoms with E-state index in [1.807, 2.05) is 0 Å². The van der Waals surface area contributed by atoms with Gasteiger partial charge in [-0.05, 0) is 17.0 Å². The van der Waals surface area contributed by atoms with Gasteiger partial charge in [-0.2, -0.15) is 0 Å². The summed E-state index contributed by atoms with van der Waals surface area (Å²) < 4.78 is 0. The number of hydrogen-bond acceptors (Lipinski definition) is 4. The molecule has 0 amide bonds. The van der Waals surface area contributed by atoms with Crippen LogP contribution in [0.3, 0.4) is 0 Å². The first-order valence-corrected chi connectivity index (χ1v) is 5.79. The Balaban J connectivity index is 2.70. The van der Waals surface area contributed by atoms with Crippen LogP contribution in [0, 0.1) is 0 Å². The van der Waals surface area contributed by atoms with E-state index in [0.29, 0.717) is 10.9 Å². The molecular formula is C8H11BrO3S. The third-order valence-corrected chi connectivity index (χ3v) is 3.30. The van der Waals surface area contributed by atoms with Gasteiger partial charge in [-0.15, -0.1) is 11.3 Å². The van der Waals surface area contributed by atoms with Gasteiger partial charge < -0.3 is 15.3 Å². The number of rotatable bonds is 4. The van der Waals surface area contributed by atoms with E-state index in [0.717, 1.165) is 4.88 Å². The van der Waals surface area contributed by atoms with Gasteiger partial charge in [-0.25, -0.2) is 0 Å². The first-order valence-electron chi connectivity index (χ1n) is 3.79. The van der Waals surface area contributed by atoms with Crippen molar-refractivity contribution in [2.45, 2.75) is 18.8 Å². The van der Waals surface area contributed by atoms with E-state index in [4.69, 9.17) is 5.11 Å². The van der Waals surface area contributed by atoms with Gasteiger partial charge in [-0.1, -0.05) is 15.9 Å². The van der Waals surface area contributed by atoms with Crippen LogP contribution in [0.5, 0.6) is 0 Å². The third-order valence-electron chi connectivity index (χ3n) is 1.69. The Morgan fingerprint density at radius 1 is 1.46 bits per heavy atom. The number of halogens is 1. The molecule has 3 N–H and O–H groups in total. The van der Waals surface area contributed by atoms with Crippen molar-refractivity contribution in [1.29, 1.82) is 0 Å².